The zero-order valence-electron chi connectivity index (χ0n) is 10.9. The highest BCUT2D eigenvalue weighted by molar-refractivity contribution is 5.85. The molecule has 0 spiro atoms. The van der Waals surface area contributed by atoms with Crippen molar-refractivity contribution >= 4 is 18.6 Å². The van der Waals surface area contributed by atoms with Gasteiger partial charge in [-0.2, -0.15) is 5.26 Å². The van der Waals surface area contributed by atoms with Crippen molar-refractivity contribution in [3.05, 3.63) is 35.4 Å². The molecule has 0 amide bonds. The maximum absolute atomic E-state index is 8.12. The molecule has 1 aliphatic rings. The normalized spacial score (nSPS) is 10.7. The van der Waals surface area contributed by atoms with Crippen LogP contribution in [0, 0.1) is 11.3 Å². The first-order valence-corrected chi connectivity index (χ1v) is 6.33. The van der Waals surface area contributed by atoms with Crippen molar-refractivity contribution in [1.29, 1.82) is 5.26 Å². The van der Waals surface area contributed by atoms with Crippen molar-refractivity contribution in [3.63, 3.8) is 0 Å². The van der Waals surface area contributed by atoms with Crippen molar-refractivity contribution < 1.29 is 0 Å². The van der Waals surface area contributed by atoms with Crippen LogP contribution in [0.3, 0.4) is 0 Å². The molecule has 0 bridgehead atoms. The second kappa shape index (κ2) is 10.8. The molecule has 2 rings (SSSR count). The third-order valence-electron chi connectivity index (χ3n) is 2.69. The van der Waals surface area contributed by atoms with E-state index in [0.29, 0.717) is 0 Å². The predicted molar refractivity (Wildman–Crippen MR) is 79.4 cm³/mol. The van der Waals surface area contributed by atoms with E-state index >= 15 is 0 Å². The monoisotopic (exact) mass is 264 g/mol. The van der Waals surface area contributed by atoms with E-state index in [1.54, 1.807) is 0 Å². The van der Waals surface area contributed by atoms with Gasteiger partial charge in [-0.1, -0.05) is 50.5 Å². The molecule has 18 heavy (non-hydrogen) atoms. The Morgan fingerprint density at radius 1 is 1.22 bits per heavy atom. The first-order valence-electron chi connectivity index (χ1n) is 6.33. The van der Waals surface area contributed by atoms with Gasteiger partial charge in [0.05, 0.1) is 12.6 Å². The lowest BCUT2D eigenvalue weighted by atomic mass is 10.1. The number of hydrogen-bond acceptors (Lipinski definition) is 2. The fourth-order valence-corrected chi connectivity index (χ4v) is 1.68. The molecule has 0 saturated heterocycles. The molecular weight excluding hydrogens is 244 g/mol. The quantitative estimate of drug-likeness (QED) is 0.737. The molecule has 0 unspecified atom stereocenters. The summed E-state index contributed by atoms with van der Waals surface area (Å²) in [6.07, 6.45) is 7.51. The van der Waals surface area contributed by atoms with Crippen LogP contribution in [0.1, 0.15) is 50.2 Å². The zero-order chi connectivity index (χ0) is 12.3. The van der Waals surface area contributed by atoms with Crippen LogP contribution in [-0.4, -0.2) is 6.21 Å². The number of fused-ring (bicyclic) bond motifs is 1. The van der Waals surface area contributed by atoms with Crippen molar-refractivity contribution in [3.8, 4) is 6.07 Å². The summed E-state index contributed by atoms with van der Waals surface area (Å²) in [5, 5.41) is 8.12. The SMILES string of the molecule is C1=NCc2ccccc21.CCCCCCC#N.Cl. The third-order valence-corrected chi connectivity index (χ3v) is 2.69. The molecule has 0 saturated carbocycles. The number of nitriles is 1. The lowest BCUT2D eigenvalue weighted by Gasteiger charge is -1.91. The number of rotatable bonds is 4. The van der Waals surface area contributed by atoms with Crippen LogP contribution in [0.25, 0.3) is 0 Å². The summed E-state index contributed by atoms with van der Waals surface area (Å²) in [4.78, 5) is 4.13. The van der Waals surface area contributed by atoms with Crippen molar-refractivity contribution in [1.82, 2.24) is 0 Å². The average Bonchev–Trinajstić information content (AvgIpc) is 2.84. The minimum Gasteiger partial charge on any atom is -0.288 e. The van der Waals surface area contributed by atoms with Gasteiger partial charge in [0.15, 0.2) is 0 Å². The van der Waals surface area contributed by atoms with E-state index < -0.39 is 0 Å². The molecule has 1 aliphatic heterocycles. The summed E-state index contributed by atoms with van der Waals surface area (Å²) < 4.78 is 0. The second-order valence-electron chi connectivity index (χ2n) is 4.14. The molecular formula is C15H21ClN2. The average molecular weight is 265 g/mol. The molecule has 1 aromatic carbocycles. The molecule has 0 aliphatic carbocycles. The standard InChI is InChI=1S/C8H7N.C7H13N.ClH/c1-2-4-8-6-9-5-7(8)3-1;1-2-3-4-5-6-7-8;/h1-5H,6H2;2-6H2,1H3;1H. The molecule has 2 nitrogen and oxygen atoms in total. The largest absolute Gasteiger partial charge is 0.288 e. The highest BCUT2D eigenvalue weighted by Crippen LogP contribution is 2.12. The minimum absolute atomic E-state index is 0. The summed E-state index contributed by atoms with van der Waals surface area (Å²) in [5.74, 6) is 0. The maximum Gasteiger partial charge on any atom is 0.0646 e. The maximum atomic E-state index is 8.12. The number of hydrogen-bond donors (Lipinski definition) is 0. The minimum atomic E-state index is 0. The Bertz CT molecular complexity index is 394. The van der Waals surface area contributed by atoms with E-state index in [0.717, 1.165) is 19.4 Å². The van der Waals surface area contributed by atoms with Gasteiger partial charge in [-0.25, -0.2) is 0 Å². The van der Waals surface area contributed by atoms with Gasteiger partial charge in [-0.05, 0) is 17.5 Å². The van der Waals surface area contributed by atoms with E-state index in [9.17, 15) is 0 Å². The van der Waals surface area contributed by atoms with Crippen LogP contribution < -0.4 is 0 Å². The molecule has 3 heteroatoms. The van der Waals surface area contributed by atoms with Crippen molar-refractivity contribution in [2.45, 2.75) is 45.6 Å². The highest BCUT2D eigenvalue weighted by Gasteiger charge is 2.01. The van der Waals surface area contributed by atoms with Crippen LogP contribution in [0.4, 0.5) is 0 Å². The Morgan fingerprint density at radius 3 is 2.67 bits per heavy atom. The Balaban J connectivity index is 0.000000308. The number of halogens is 1. The van der Waals surface area contributed by atoms with E-state index in [2.05, 4.69) is 30.1 Å². The van der Waals surface area contributed by atoms with Crippen molar-refractivity contribution in [2.24, 2.45) is 4.99 Å². The molecule has 0 radical (unpaired) electrons. The summed E-state index contributed by atoms with van der Waals surface area (Å²) in [7, 11) is 0. The fraction of sp³-hybridized carbons (Fsp3) is 0.467. The Labute approximate surface area is 116 Å². The van der Waals surface area contributed by atoms with Gasteiger partial charge >= 0.3 is 0 Å². The predicted octanol–water partition coefficient (Wildman–Crippen LogP) is 4.52. The lowest BCUT2D eigenvalue weighted by molar-refractivity contribution is 0.678. The van der Waals surface area contributed by atoms with Gasteiger partial charge in [0.1, 0.15) is 0 Å². The number of nitrogens with zero attached hydrogens (tertiary/aromatic N) is 2. The van der Waals surface area contributed by atoms with Gasteiger partial charge in [0.25, 0.3) is 0 Å². The van der Waals surface area contributed by atoms with E-state index in [4.69, 9.17) is 5.26 Å². The molecule has 1 aromatic rings. The summed E-state index contributed by atoms with van der Waals surface area (Å²) in [6.45, 7) is 3.04. The Morgan fingerprint density at radius 2 is 2.00 bits per heavy atom. The van der Waals surface area contributed by atoms with Crippen molar-refractivity contribution in [2.75, 3.05) is 0 Å². The summed E-state index contributed by atoms with van der Waals surface area (Å²) in [6, 6.07) is 10.4. The number of aliphatic imine (C=N–C) groups is 1. The Hall–Kier alpha value is -1.33. The molecule has 0 N–H and O–H groups in total. The van der Waals surface area contributed by atoms with Crippen LogP contribution in [-0.2, 0) is 6.54 Å². The molecule has 0 fully saturated rings. The first-order chi connectivity index (χ1) is 8.38. The smallest absolute Gasteiger partial charge is 0.0646 e. The van der Waals surface area contributed by atoms with Gasteiger partial charge in [-0.3, -0.25) is 4.99 Å². The Kier molecular flexibility index (Phi) is 10.0. The van der Waals surface area contributed by atoms with Gasteiger partial charge in [0.2, 0.25) is 0 Å². The van der Waals surface area contributed by atoms with E-state index in [-0.39, 0.29) is 12.4 Å². The van der Waals surface area contributed by atoms with E-state index in [1.807, 2.05) is 18.3 Å². The molecule has 0 atom stereocenters. The molecule has 0 aromatic heterocycles. The summed E-state index contributed by atoms with van der Waals surface area (Å²) in [5.41, 5.74) is 2.62. The van der Waals surface area contributed by atoms with Crippen LogP contribution in [0.2, 0.25) is 0 Å². The topological polar surface area (TPSA) is 36.1 Å². The van der Waals surface area contributed by atoms with Gasteiger partial charge in [-0.15, -0.1) is 12.4 Å². The second-order valence-corrected chi connectivity index (χ2v) is 4.14. The van der Waals surface area contributed by atoms with Crippen LogP contribution >= 0.6 is 12.4 Å². The molecule has 98 valence electrons. The number of unbranched alkanes of at least 4 members (excludes halogenated alkanes) is 4. The first kappa shape index (κ1) is 16.7. The highest BCUT2D eigenvalue weighted by atomic mass is 35.5. The zero-order valence-corrected chi connectivity index (χ0v) is 11.7. The van der Waals surface area contributed by atoms with E-state index in [1.165, 1.54) is 30.4 Å². The lowest BCUT2D eigenvalue weighted by Crippen LogP contribution is -1.79. The third kappa shape index (κ3) is 6.42. The van der Waals surface area contributed by atoms with Crippen LogP contribution in [0.5, 0.6) is 0 Å². The van der Waals surface area contributed by atoms with Gasteiger partial charge < -0.3 is 0 Å². The molecule has 1 heterocycles. The van der Waals surface area contributed by atoms with Gasteiger partial charge in [0, 0.05) is 12.6 Å². The number of benzene rings is 1. The van der Waals surface area contributed by atoms with Crippen LogP contribution in [0.15, 0.2) is 29.3 Å². The summed E-state index contributed by atoms with van der Waals surface area (Å²) >= 11 is 0. The fourth-order valence-electron chi connectivity index (χ4n) is 1.68.